The first-order valence-corrected chi connectivity index (χ1v) is 9.39. The topological polar surface area (TPSA) is 95.9 Å². The monoisotopic (exact) mass is 374 g/mol. The van der Waals surface area contributed by atoms with Gasteiger partial charge >= 0.3 is 5.97 Å². The first-order chi connectivity index (χ1) is 12.8. The van der Waals surface area contributed by atoms with Gasteiger partial charge in [-0.05, 0) is 43.4 Å². The molecule has 2 amide bonds. The van der Waals surface area contributed by atoms with E-state index in [4.69, 9.17) is 4.74 Å². The second-order valence-corrected chi connectivity index (χ2v) is 7.66. The van der Waals surface area contributed by atoms with Gasteiger partial charge < -0.3 is 20.1 Å². The molecule has 2 saturated heterocycles. The van der Waals surface area contributed by atoms with Crippen molar-refractivity contribution >= 4 is 23.5 Å². The van der Waals surface area contributed by atoms with Crippen LogP contribution in [0.15, 0.2) is 24.3 Å². The van der Waals surface area contributed by atoms with Gasteiger partial charge in [0.1, 0.15) is 6.10 Å². The number of hydrogen-bond donors (Lipinski definition) is 2. The van der Waals surface area contributed by atoms with Crippen molar-refractivity contribution in [3.8, 4) is 0 Å². The minimum Gasteiger partial charge on any atom is -0.481 e. The third-order valence-corrected chi connectivity index (χ3v) is 5.72. The fourth-order valence-corrected chi connectivity index (χ4v) is 3.82. The Morgan fingerprint density at radius 3 is 2.70 bits per heavy atom. The predicted molar refractivity (Wildman–Crippen MR) is 99.5 cm³/mol. The zero-order valence-electron chi connectivity index (χ0n) is 15.7. The number of aliphatic carboxylic acids is 1. The Bertz CT molecular complexity index is 742. The molecule has 0 bridgehead atoms. The summed E-state index contributed by atoms with van der Waals surface area (Å²) in [5.41, 5.74) is 0.0698. The number of anilines is 1. The molecule has 0 aliphatic carbocycles. The fourth-order valence-electron chi connectivity index (χ4n) is 3.82. The molecule has 1 aromatic rings. The molecule has 7 heteroatoms. The van der Waals surface area contributed by atoms with Gasteiger partial charge in [0, 0.05) is 30.9 Å². The van der Waals surface area contributed by atoms with Crippen molar-refractivity contribution in [3.05, 3.63) is 29.8 Å². The van der Waals surface area contributed by atoms with Crippen molar-refractivity contribution in [2.45, 2.75) is 39.2 Å². The lowest BCUT2D eigenvalue weighted by atomic mass is 9.76. The second kappa shape index (κ2) is 7.68. The van der Waals surface area contributed by atoms with E-state index in [9.17, 15) is 19.5 Å². The molecule has 2 aliphatic heterocycles. The number of carboxylic acids is 1. The third kappa shape index (κ3) is 3.83. The number of amides is 2. The molecule has 2 fully saturated rings. The van der Waals surface area contributed by atoms with E-state index in [2.05, 4.69) is 5.32 Å². The number of nitrogens with one attached hydrogen (secondary N) is 1. The maximum atomic E-state index is 12.9. The maximum absolute atomic E-state index is 12.9. The van der Waals surface area contributed by atoms with Gasteiger partial charge in [-0.3, -0.25) is 14.4 Å². The highest BCUT2D eigenvalue weighted by atomic mass is 16.5. The molecule has 0 spiro atoms. The summed E-state index contributed by atoms with van der Waals surface area (Å²) in [6.07, 6.45) is 1.57. The van der Waals surface area contributed by atoms with E-state index < -0.39 is 17.5 Å². The lowest BCUT2D eigenvalue weighted by Crippen LogP contribution is -2.40. The van der Waals surface area contributed by atoms with Crippen molar-refractivity contribution in [1.29, 1.82) is 0 Å². The van der Waals surface area contributed by atoms with Gasteiger partial charge in [-0.25, -0.2) is 0 Å². The number of nitrogens with zero attached hydrogens (tertiary/aromatic N) is 1. The van der Waals surface area contributed by atoms with Gasteiger partial charge in [-0.2, -0.15) is 0 Å². The first-order valence-electron chi connectivity index (χ1n) is 9.39. The minimum absolute atomic E-state index is 0.0650. The van der Waals surface area contributed by atoms with Crippen LogP contribution in [-0.4, -0.2) is 53.6 Å². The van der Waals surface area contributed by atoms with Crippen LogP contribution in [0.25, 0.3) is 0 Å². The largest absolute Gasteiger partial charge is 0.481 e. The van der Waals surface area contributed by atoms with E-state index >= 15 is 0 Å². The highest BCUT2D eigenvalue weighted by Crippen LogP contribution is 2.38. The molecule has 0 radical (unpaired) electrons. The summed E-state index contributed by atoms with van der Waals surface area (Å²) >= 11 is 0. The van der Waals surface area contributed by atoms with E-state index in [0.717, 1.165) is 6.42 Å². The zero-order chi connectivity index (χ0) is 19.6. The van der Waals surface area contributed by atoms with Crippen molar-refractivity contribution < 1.29 is 24.2 Å². The molecule has 0 aromatic heterocycles. The van der Waals surface area contributed by atoms with Crippen LogP contribution in [0.1, 0.15) is 43.5 Å². The van der Waals surface area contributed by atoms with E-state index in [1.807, 2.05) is 13.8 Å². The Balaban J connectivity index is 1.70. The lowest BCUT2D eigenvalue weighted by Gasteiger charge is -2.28. The van der Waals surface area contributed by atoms with Gasteiger partial charge in [-0.1, -0.05) is 19.9 Å². The minimum atomic E-state index is -0.901. The standard InChI is InChI=1S/C20H26N2O5/c1-13(2)20(19(25)26)8-9-22(12-20)18(24)14-5-3-6-15(11-14)21-17(23)16-7-4-10-27-16/h3,5-6,11,13,16H,4,7-10,12H2,1-2H3,(H,21,23)(H,25,26). The molecule has 2 atom stereocenters. The molecule has 2 unspecified atom stereocenters. The Hall–Kier alpha value is -2.41. The van der Waals surface area contributed by atoms with E-state index in [-0.39, 0.29) is 24.3 Å². The SMILES string of the molecule is CC(C)C1(C(=O)O)CCN(C(=O)c2cccc(NC(=O)C3CCCO3)c2)C1. The van der Waals surface area contributed by atoms with Crippen LogP contribution < -0.4 is 5.32 Å². The molecule has 146 valence electrons. The number of carbonyl (C=O) groups excluding carboxylic acids is 2. The predicted octanol–water partition coefficient (Wildman–Crippen LogP) is 2.38. The Kier molecular flexibility index (Phi) is 5.51. The van der Waals surface area contributed by atoms with Crippen LogP contribution in [0, 0.1) is 11.3 Å². The number of hydrogen-bond acceptors (Lipinski definition) is 4. The molecular formula is C20H26N2O5. The molecular weight excluding hydrogens is 348 g/mol. The summed E-state index contributed by atoms with van der Waals surface area (Å²) in [5.74, 6) is -1.34. The number of likely N-dealkylation sites (tertiary alicyclic amines) is 1. The normalized spacial score (nSPS) is 25.0. The van der Waals surface area contributed by atoms with Gasteiger partial charge in [0.25, 0.3) is 11.8 Å². The average molecular weight is 374 g/mol. The van der Waals surface area contributed by atoms with Gasteiger partial charge in [-0.15, -0.1) is 0 Å². The highest BCUT2D eigenvalue weighted by molar-refractivity contribution is 5.98. The summed E-state index contributed by atoms with van der Waals surface area (Å²) in [7, 11) is 0. The van der Waals surface area contributed by atoms with Crippen LogP contribution >= 0.6 is 0 Å². The number of benzene rings is 1. The molecule has 0 saturated carbocycles. The quantitative estimate of drug-likeness (QED) is 0.825. The molecule has 2 heterocycles. The Morgan fingerprint density at radius 1 is 1.33 bits per heavy atom. The van der Waals surface area contributed by atoms with E-state index in [1.54, 1.807) is 29.2 Å². The van der Waals surface area contributed by atoms with Crippen molar-refractivity contribution in [2.75, 3.05) is 25.0 Å². The van der Waals surface area contributed by atoms with Gasteiger partial charge in [0.2, 0.25) is 0 Å². The van der Waals surface area contributed by atoms with Crippen molar-refractivity contribution in [1.82, 2.24) is 4.90 Å². The number of ether oxygens (including phenoxy) is 1. The summed E-state index contributed by atoms with van der Waals surface area (Å²) in [6, 6.07) is 6.75. The molecule has 3 rings (SSSR count). The molecule has 27 heavy (non-hydrogen) atoms. The lowest BCUT2D eigenvalue weighted by molar-refractivity contribution is -0.150. The molecule has 7 nitrogen and oxygen atoms in total. The maximum Gasteiger partial charge on any atom is 0.311 e. The van der Waals surface area contributed by atoms with E-state index in [0.29, 0.717) is 37.2 Å². The number of carbonyl (C=O) groups is 3. The Morgan fingerprint density at radius 2 is 2.11 bits per heavy atom. The second-order valence-electron chi connectivity index (χ2n) is 7.66. The summed E-state index contributed by atoms with van der Waals surface area (Å²) in [6.45, 7) is 4.96. The van der Waals surface area contributed by atoms with Crippen molar-refractivity contribution in [3.63, 3.8) is 0 Å². The Labute approximate surface area is 158 Å². The van der Waals surface area contributed by atoms with Crippen LogP contribution in [0.2, 0.25) is 0 Å². The number of rotatable bonds is 5. The van der Waals surface area contributed by atoms with Crippen LogP contribution in [0.3, 0.4) is 0 Å². The third-order valence-electron chi connectivity index (χ3n) is 5.72. The number of carboxylic acid groups (broad SMARTS) is 1. The summed E-state index contributed by atoms with van der Waals surface area (Å²) in [4.78, 5) is 38.4. The summed E-state index contributed by atoms with van der Waals surface area (Å²) in [5, 5.41) is 12.4. The van der Waals surface area contributed by atoms with Crippen molar-refractivity contribution in [2.24, 2.45) is 11.3 Å². The van der Waals surface area contributed by atoms with Crippen LogP contribution in [0.4, 0.5) is 5.69 Å². The smallest absolute Gasteiger partial charge is 0.311 e. The van der Waals surface area contributed by atoms with E-state index in [1.165, 1.54) is 0 Å². The van der Waals surface area contributed by atoms with Crippen LogP contribution in [0.5, 0.6) is 0 Å². The van der Waals surface area contributed by atoms with Gasteiger partial charge in [0.05, 0.1) is 5.41 Å². The fraction of sp³-hybridized carbons (Fsp3) is 0.550. The molecule has 1 aromatic carbocycles. The molecule has 2 N–H and O–H groups in total. The van der Waals surface area contributed by atoms with Gasteiger partial charge in [0.15, 0.2) is 0 Å². The average Bonchev–Trinajstić information content (AvgIpc) is 3.32. The summed E-state index contributed by atoms with van der Waals surface area (Å²) < 4.78 is 5.37. The van der Waals surface area contributed by atoms with Crippen LogP contribution in [-0.2, 0) is 14.3 Å². The zero-order valence-corrected chi connectivity index (χ0v) is 15.7. The highest BCUT2D eigenvalue weighted by Gasteiger charge is 2.48. The molecule has 2 aliphatic rings. The first kappa shape index (κ1) is 19.4.